The maximum Gasteiger partial charge on any atom is 0.226 e. The monoisotopic (exact) mass is 378 g/mol. The molecule has 1 N–H and O–H groups in total. The van der Waals surface area contributed by atoms with Gasteiger partial charge in [0.25, 0.3) is 0 Å². The van der Waals surface area contributed by atoms with Crippen LogP contribution in [0.15, 0.2) is 36.4 Å². The van der Waals surface area contributed by atoms with Gasteiger partial charge in [-0.15, -0.1) is 0 Å². The van der Waals surface area contributed by atoms with E-state index in [4.69, 9.17) is 23.2 Å². The maximum absolute atomic E-state index is 12.2. The number of anilines is 2. The molecular formula is C19H20Cl2N2O2. The fraction of sp³-hybridized carbons (Fsp3) is 0.263. The summed E-state index contributed by atoms with van der Waals surface area (Å²) in [6.45, 7) is 5.69. The van der Waals surface area contributed by atoms with E-state index in [-0.39, 0.29) is 18.2 Å². The molecule has 0 aliphatic carbocycles. The lowest BCUT2D eigenvalue weighted by molar-refractivity contribution is -0.117. The number of aryl methyl sites for hydroxylation is 2. The van der Waals surface area contributed by atoms with Gasteiger partial charge >= 0.3 is 0 Å². The molecule has 0 radical (unpaired) electrons. The lowest BCUT2D eigenvalue weighted by Gasteiger charge is -2.25. The molecule has 6 heteroatoms. The number of benzene rings is 2. The summed E-state index contributed by atoms with van der Waals surface area (Å²) in [7, 11) is 0. The van der Waals surface area contributed by atoms with Crippen molar-refractivity contribution >= 4 is 46.4 Å². The van der Waals surface area contributed by atoms with Gasteiger partial charge in [-0.05, 0) is 43.2 Å². The Kier molecular flexibility index (Phi) is 6.45. The number of amides is 2. The van der Waals surface area contributed by atoms with Crippen LogP contribution < -0.4 is 10.2 Å². The highest BCUT2D eigenvalue weighted by atomic mass is 35.5. The zero-order valence-electron chi connectivity index (χ0n) is 14.4. The fourth-order valence-electron chi connectivity index (χ4n) is 2.72. The number of rotatable bonds is 5. The first-order chi connectivity index (χ1) is 11.8. The topological polar surface area (TPSA) is 49.4 Å². The summed E-state index contributed by atoms with van der Waals surface area (Å²) in [5.74, 6) is -0.313. The predicted octanol–water partition coefficient (Wildman–Crippen LogP) is 4.99. The first-order valence-electron chi connectivity index (χ1n) is 7.88. The Morgan fingerprint density at radius 1 is 1.04 bits per heavy atom. The zero-order chi connectivity index (χ0) is 18.6. The fourth-order valence-corrected chi connectivity index (χ4v) is 3.25. The van der Waals surface area contributed by atoms with Crippen LogP contribution in [0.2, 0.25) is 10.0 Å². The lowest BCUT2D eigenvalue weighted by atomic mass is 10.1. The summed E-state index contributed by atoms with van der Waals surface area (Å²) in [5, 5.41) is 3.65. The number of carbonyl (C=O) groups is 2. The Morgan fingerprint density at radius 3 is 2.12 bits per heavy atom. The second-order valence-electron chi connectivity index (χ2n) is 5.87. The van der Waals surface area contributed by atoms with E-state index >= 15 is 0 Å². The quantitative estimate of drug-likeness (QED) is 0.796. The number of hydrogen-bond donors (Lipinski definition) is 1. The average Bonchev–Trinajstić information content (AvgIpc) is 2.48. The van der Waals surface area contributed by atoms with E-state index in [0.717, 1.165) is 16.8 Å². The molecule has 0 heterocycles. The summed E-state index contributed by atoms with van der Waals surface area (Å²) < 4.78 is 0. The van der Waals surface area contributed by atoms with Crippen molar-refractivity contribution in [1.29, 1.82) is 0 Å². The third-order valence-corrected chi connectivity index (χ3v) is 4.23. The van der Waals surface area contributed by atoms with Gasteiger partial charge < -0.3 is 10.2 Å². The van der Waals surface area contributed by atoms with Crippen molar-refractivity contribution in [1.82, 2.24) is 0 Å². The molecule has 0 unspecified atom stereocenters. The van der Waals surface area contributed by atoms with Gasteiger partial charge in [0.15, 0.2) is 0 Å². The van der Waals surface area contributed by atoms with E-state index in [2.05, 4.69) is 5.32 Å². The lowest BCUT2D eigenvalue weighted by Crippen LogP contribution is -2.33. The van der Waals surface area contributed by atoms with Crippen LogP contribution in [0.1, 0.15) is 24.5 Å². The van der Waals surface area contributed by atoms with E-state index in [1.165, 1.54) is 6.92 Å². The zero-order valence-corrected chi connectivity index (χ0v) is 15.9. The molecule has 0 aliphatic rings. The van der Waals surface area contributed by atoms with Gasteiger partial charge in [-0.1, -0.05) is 41.4 Å². The molecule has 132 valence electrons. The number of carbonyl (C=O) groups excluding carboxylic acids is 2. The molecule has 0 saturated heterocycles. The summed E-state index contributed by atoms with van der Waals surface area (Å²) in [5.41, 5.74) is 3.38. The minimum atomic E-state index is -0.212. The normalized spacial score (nSPS) is 10.4. The molecular weight excluding hydrogens is 359 g/mol. The third-order valence-electron chi connectivity index (χ3n) is 3.80. The molecule has 25 heavy (non-hydrogen) atoms. The van der Waals surface area contributed by atoms with Crippen molar-refractivity contribution in [3.8, 4) is 0 Å². The Balaban J connectivity index is 2.08. The SMILES string of the molecule is CC(=O)N(CCC(=O)Nc1cc(Cl)cc(Cl)c1)c1c(C)cccc1C. The molecule has 2 amide bonds. The molecule has 4 nitrogen and oxygen atoms in total. The first-order valence-corrected chi connectivity index (χ1v) is 8.64. The second kappa shape index (κ2) is 8.37. The number of halogens is 2. The first kappa shape index (κ1) is 19.3. The third kappa shape index (κ3) is 5.21. The van der Waals surface area contributed by atoms with Gasteiger partial charge in [-0.3, -0.25) is 9.59 Å². The molecule has 2 rings (SSSR count). The smallest absolute Gasteiger partial charge is 0.226 e. The number of nitrogens with zero attached hydrogens (tertiary/aromatic N) is 1. The Morgan fingerprint density at radius 2 is 1.60 bits per heavy atom. The van der Waals surface area contributed by atoms with Crippen molar-refractivity contribution in [3.63, 3.8) is 0 Å². The van der Waals surface area contributed by atoms with Crippen molar-refractivity contribution in [2.24, 2.45) is 0 Å². The average molecular weight is 379 g/mol. The van der Waals surface area contributed by atoms with Gasteiger partial charge in [0.2, 0.25) is 11.8 Å². The van der Waals surface area contributed by atoms with Crippen molar-refractivity contribution in [2.45, 2.75) is 27.2 Å². The van der Waals surface area contributed by atoms with Crippen LogP contribution in [0.4, 0.5) is 11.4 Å². The van der Waals surface area contributed by atoms with E-state index in [1.807, 2.05) is 32.0 Å². The highest BCUT2D eigenvalue weighted by Gasteiger charge is 2.17. The van der Waals surface area contributed by atoms with Crippen LogP contribution in [0.25, 0.3) is 0 Å². The van der Waals surface area contributed by atoms with Crippen molar-refractivity contribution < 1.29 is 9.59 Å². The molecule has 0 bridgehead atoms. The molecule has 0 atom stereocenters. The molecule has 0 saturated carbocycles. The van der Waals surface area contributed by atoms with Gasteiger partial charge in [-0.2, -0.15) is 0 Å². The van der Waals surface area contributed by atoms with Gasteiger partial charge in [-0.25, -0.2) is 0 Å². The molecule has 0 aliphatic heterocycles. The van der Waals surface area contributed by atoms with Crippen molar-refractivity contribution in [2.75, 3.05) is 16.8 Å². The summed E-state index contributed by atoms with van der Waals surface area (Å²) in [4.78, 5) is 25.9. The highest BCUT2D eigenvalue weighted by Crippen LogP contribution is 2.25. The minimum Gasteiger partial charge on any atom is -0.326 e. The standard InChI is InChI=1S/C19H20Cl2N2O2/c1-12-5-4-6-13(2)19(12)23(14(3)24)8-7-18(25)22-17-10-15(20)9-16(21)11-17/h4-6,9-11H,7-8H2,1-3H3,(H,22,25). The Hall–Kier alpha value is -2.04. The van der Waals surface area contributed by atoms with Crippen LogP contribution in [0.5, 0.6) is 0 Å². The number of para-hydroxylation sites is 1. The van der Waals surface area contributed by atoms with Crippen LogP contribution in [0.3, 0.4) is 0 Å². The van der Waals surface area contributed by atoms with E-state index in [1.54, 1.807) is 23.1 Å². The maximum atomic E-state index is 12.2. The van der Waals surface area contributed by atoms with E-state index in [9.17, 15) is 9.59 Å². The van der Waals surface area contributed by atoms with Crippen molar-refractivity contribution in [3.05, 3.63) is 57.6 Å². The number of hydrogen-bond acceptors (Lipinski definition) is 2. The molecule has 0 spiro atoms. The van der Waals surface area contributed by atoms with Gasteiger partial charge in [0.1, 0.15) is 0 Å². The Labute approximate surface area is 157 Å². The van der Waals surface area contributed by atoms with Crippen LogP contribution in [-0.4, -0.2) is 18.4 Å². The van der Waals surface area contributed by atoms with E-state index < -0.39 is 0 Å². The largest absolute Gasteiger partial charge is 0.326 e. The van der Waals surface area contributed by atoms with E-state index in [0.29, 0.717) is 22.3 Å². The predicted molar refractivity (Wildman–Crippen MR) is 104 cm³/mol. The molecule has 2 aromatic carbocycles. The number of nitrogens with one attached hydrogen (secondary N) is 1. The van der Waals surface area contributed by atoms with Crippen LogP contribution >= 0.6 is 23.2 Å². The van der Waals surface area contributed by atoms with Crippen LogP contribution in [-0.2, 0) is 9.59 Å². The Bertz CT molecular complexity index is 766. The molecule has 0 aromatic heterocycles. The molecule has 2 aromatic rings. The summed E-state index contributed by atoms with van der Waals surface area (Å²) >= 11 is 11.9. The van der Waals surface area contributed by atoms with Gasteiger partial charge in [0.05, 0.1) is 0 Å². The second-order valence-corrected chi connectivity index (χ2v) is 6.74. The van der Waals surface area contributed by atoms with Crippen LogP contribution in [0, 0.1) is 13.8 Å². The summed E-state index contributed by atoms with van der Waals surface area (Å²) in [6.07, 6.45) is 0.164. The van der Waals surface area contributed by atoms with Gasteiger partial charge in [0, 0.05) is 41.3 Å². The minimum absolute atomic E-state index is 0.101. The molecule has 0 fully saturated rings. The highest BCUT2D eigenvalue weighted by molar-refractivity contribution is 6.35. The summed E-state index contributed by atoms with van der Waals surface area (Å²) in [6, 6.07) is 10.7.